The van der Waals surface area contributed by atoms with Crippen molar-refractivity contribution in [3.05, 3.63) is 58.9 Å². The van der Waals surface area contributed by atoms with E-state index in [1.165, 1.54) is 50.7 Å². The maximum absolute atomic E-state index is 13.0. The van der Waals surface area contributed by atoms with Gasteiger partial charge in [0.15, 0.2) is 0 Å². The summed E-state index contributed by atoms with van der Waals surface area (Å²) in [6, 6.07) is 7.05. The highest BCUT2D eigenvalue weighted by Gasteiger charge is 2.33. The highest BCUT2D eigenvalue weighted by atomic mass is 19.1. The van der Waals surface area contributed by atoms with Crippen LogP contribution in [-0.2, 0) is 6.54 Å². The second kappa shape index (κ2) is 8.99. The molecule has 0 spiro atoms. The largest absolute Gasteiger partial charge is 0.348 e. The van der Waals surface area contributed by atoms with E-state index in [4.69, 9.17) is 4.98 Å². The molecule has 6 heteroatoms. The minimum Gasteiger partial charge on any atom is -0.348 e. The summed E-state index contributed by atoms with van der Waals surface area (Å²) in [6.07, 6.45) is 10.4. The third-order valence-electron chi connectivity index (χ3n) is 6.24. The number of hydrogen-bond donors (Lipinski definition) is 1. The molecule has 5 nitrogen and oxygen atoms in total. The first-order valence-electron chi connectivity index (χ1n) is 10.7. The molecule has 1 N–H and O–H groups in total. The molecular weight excluding hydrogens is 367 g/mol. The van der Waals surface area contributed by atoms with Crippen LogP contribution in [-0.4, -0.2) is 33.4 Å². The fraction of sp³-hybridized carbons (Fsp3) is 0.522. The molecule has 0 unspecified atom stereocenters. The highest BCUT2D eigenvalue weighted by molar-refractivity contribution is 5.94. The number of piperidine rings is 1. The van der Waals surface area contributed by atoms with Crippen molar-refractivity contribution in [2.45, 2.75) is 70.5 Å². The van der Waals surface area contributed by atoms with Crippen LogP contribution in [0.25, 0.3) is 0 Å². The number of nitrogens with one attached hydrogen (secondary N) is 1. The molecule has 1 aliphatic heterocycles. The number of rotatable bonds is 5. The van der Waals surface area contributed by atoms with Gasteiger partial charge in [-0.05, 0) is 56.8 Å². The summed E-state index contributed by atoms with van der Waals surface area (Å²) in [6.45, 7) is 3.34. The van der Waals surface area contributed by atoms with E-state index in [1.54, 1.807) is 18.3 Å². The Hall–Kier alpha value is -2.34. The van der Waals surface area contributed by atoms with Crippen LogP contribution in [0.5, 0.6) is 0 Å². The van der Waals surface area contributed by atoms with Gasteiger partial charge >= 0.3 is 0 Å². The molecular formula is C23H29FN4O. The molecule has 1 saturated carbocycles. The van der Waals surface area contributed by atoms with E-state index in [-0.39, 0.29) is 17.8 Å². The molecule has 2 fully saturated rings. The molecule has 2 heterocycles. The Morgan fingerprint density at radius 1 is 1.14 bits per heavy atom. The first-order chi connectivity index (χ1) is 14.1. The lowest BCUT2D eigenvalue weighted by Crippen LogP contribution is -2.41. The number of likely N-dealkylation sites (tertiary alicyclic amines) is 1. The van der Waals surface area contributed by atoms with E-state index in [0.717, 1.165) is 24.4 Å². The average molecular weight is 397 g/mol. The Labute approximate surface area is 171 Å². The lowest BCUT2D eigenvalue weighted by atomic mass is 9.98. The second-order valence-electron chi connectivity index (χ2n) is 8.22. The molecule has 29 heavy (non-hydrogen) atoms. The van der Waals surface area contributed by atoms with Crippen LogP contribution >= 0.6 is 0 Å². The normalized spacial score (nSPS) is 20.7. The number of benzene rings is 1. The van der Waals surface area contributed by atoms with Gasteiger partial charge in [0.25, 0.3) is 5.91 Å². The van der Waals surface area contributed by atoms with Crippen LogP contribution < -0.4 is 5.32 Å². The Kier molecular flexibility index (Phi) is 6.19. The Balaban J connectivity index is 1.45. The minimum absolute atomic E-state index is 0.199. The van der Waals surface area contributed by atoms with Crippen LogP contribution in [0, 0.1) is 12.7 Å². The van der Waals surface area contributed by atoms with Crippen molar-refractivity contribution < 1.29 is 9.18 Å². The number of carbonyl (C=O) groups excluding carboxylic acids is 1. The van der Waals surface area contributed by atoms with Gasteiger partial charge in [0.1, 0.15) is 11.6 Å². The first-order valence-corrected chi connectivity index (χ1v) is 10.7. The molecule has 0 radical (unpaired) electrons. The summed E-state index contributed by atoms with van der Waals surface area (Å²) in [4.78, 5) is 24.6. The molecule has 1 saturated heterocycles. The molecule has 4 rings (SSSR count). The maximum Gasteiger partial charge on any atom is 0.254 e. The van der Waals surface area contributed by atoms with Crippen LogP contribution in [0.2, 0.25) is 0 Å². The number of halogens is 1. The van der Waals surface area contributed by atoms with Crippen LogP contribution in [0.1, 0.15) is 78.4 Å². The predicted molar refractivity (Wildman–Crippen MR) is 110 cm³/mol. The Morgan fingerprint density at radius 2 is 1.86 bits per heavy atom. The van der Waals surface area contributed by atoms with Gasteiger partial charge in [-0.3, -0.25) is 9.69 Å². The number of aromatic nitrogens is 2. The van der Waals surface area contributed by atoms with Crippen molar-refractivity contribution in [1.29, 1.82) is 0 Å². The van der Waals surface area contributed by atoms with Gasteiger partial charge in [-0.25, -0.2) is 14.4 Å². The van der Waals surface area contributed by atoms with Crippen LogP contribution in [0.3, 0.4) is 0 Å². The summed E-state index contributed by atoms with van der Waals surface area (Å²) in [5.74, 6) is 0.369. The van der Waals surface area contributed by atoms with Gasteiger partial charge < -0.3 is 5.32 Å². The maximum atomic E-state index is 13.0. The van der Waals surface area contributed by atoms with Crippen molar-refractivity contribution in [2.24, 2.45) is 0 Å². The van der Waals surface area contributed by atoms with Crippen molar-refractivity contribution in [3.63, 3.8) is 0 Å². The zero-order valence-electron chi connectivity index (χ0n) is 17.0. The van der Waals surface area contributed by atoms with Crippen LogP contribution in [0.15, 0.2) is 30.5 Å². The van der Waals surface area contributed by atoms with Gasteiger partial charge in [-0.1, -0.05) is 31.4 Å². The number of aryl methyl sites for hydroxylation is 1. The van der Waals surface area contributed by atoms with E-state index < -0.39 is 0 Å². The van der Waals surface area contributed by atoms with Crippen molar-refractivity contribution >= 4 is 5.91 Å². The molecule has 2 aliphatic rings. The van der Waals surface area contributed by atoms with E-state index in [1.807, 2.05) is 6.92 Å². The van der Waals surface area contributed by atoms with E-state index in [2.05, 4.69) is 15.2 Å². The fourth-order valence-electron chi connectivity index (χ4n) is 4.65. The predicted octanol–water partition coefficient (Wildman–Crippen LogP) is 4.32. The van der Waals surface area contributed by atoms with Gasteiger partial charge in [0.2, 0.25) is 0 Å². The molecule has 1 atom stereocenters. The van der Waals surface area contributed by atoms with Gasteiger partial charge in [-0.15, -0.1) is 0 Å². The van der Waals surface area contributed by atoms with E-state index in [0.29, 0.717) is 23.8 Å². The number of carbonyl (C=O) groups is 1. The first kappa shape index (κ1) is 20.0. The number of amides is 1. The Morgan fingerprint density at radius 3 is 2.59 bits per heavy atom. The summed E-state index contributed by atoms with van der Waals surface area (Å²) >= 11 is 0. The van der Waals surface area contributed by atoms with Gasteiger partial charge in [-0.2, -0.15) is 0 Å². The SMILES string of the molecule is Cc1nc([C@H]2CCCCN2C2CCCC2)ncc1C(=O)NCc1ccc(F)cc1. The van der Waals surface area contributed by atoms with E-state index in [9.17, 15) is 9.18 Å². The van der Waals surface area contributed by atoms with E-state index >= 15 is 0 Å². The second-order valence-corrected chi connectivity index (χ2v) is 8.22. The third-order valence-corrected chi connectivity index (χ3v) is 6.24. The quantitative estimate of drug-likeness (QED) is 0.818. The topological polar surface area (TPSA) is 58.1 Å². The average Bonchev–Trinajstić information content (AvgIpc) is 3.28. The van der Waals surface area contributed by atoms with Crippen molar-refractivity contribution in [1.82, 2.24) is 20.2 Å². The summed E-state index contributed by atoms with van der Waals surface area (Å²) in [5, 5.41) is 2.88. The molecule has 154 valence electrons. The zero-order chi connectivity index (χ0) is 20.2. The minimum atomic E-state index is -0.283. The summed E-state index contributed by atoms with van der Waals surface area (Å²) in [7, 11) is 0. The highest BCUT2D eigenvalue weighted by Crippen LogP contribution is 2.36. The van der Waals surface area contributed by atoms with Crippen molar-refractivity contribution in [2.75, 3.05) is 6.54 Å². The van der Waals surface area contributed by atoms with Gasteiger partial charge in [0, 0.05) is 18.8 Å². The molecule has 1 amide bonds. The molecule has 0 bridgehead atoms. The fourth-order valence-corrected chi connectivity index (χ4v) is 4.65. The van der Waals surface area contributed by atoms with Gasteiger partial charge in [0.05, 0.1) is 17.3 Å². The lowest BCUT2D eigenvalue weighted by molar-refractivity contribution is 0.0906. The number of hydrogen-bond acceptors (Lipinski definition) is 4. The lowest BCUT2D eigenvalue weighted by Gasteiger charge is -2.39. The molecule has 1 aromatic carbocycles. The van der Waals surface area contributed by atoms with Crippen molar-refractivity contribution in [3.8, 4) is 0 Å². The molecule has 1 aliphatic carbocycles. The monoisotopic (exact) mass is 396 g/mol. The number of nitrogens with zero attached hydrogens (tertiary/aromatic N) is 3. The standard InChI is InChI=1S/C23H29FN4O/c1-16-20(23(29)26-14-17-9-11-18(24)12-10-17)15-25-22(27-16)21-8-4-5-13-28(21)19-6-2-3-7-19/h9-12,15,19,21H,2-8,13-14H2,1H3,(H,26,29)/t21-/m1/s1. The molecule has 1 aromatic heterocycles. The smallest absolute Gasteiger partial charge is 0.254 e. The zero-order valence-corrected chi connectivity index (χ0v) is 17.0. The molecule has 2 aromatic rings. The summed E-state index contributed by atoms with van der Waals surface area (Å²) < 4.78 is 13.0. The summed E-state index contributed by atoms with van der Waals surface area (Å²) in [5.41, 5.74) is 2.06. The van der Waals surface area contributed by atoms with Crippen LogP contribution in [0.4, 0.5) is 4.39 Å². The third kappa shape index (κ3) is 4.64. The Bertz CT molecular complexity index is 848.